The molecule has 0 bridgehead atoms. The largest absolute Gasteiger partial charge is 0.405 e. The summed E-state index contributed by atoms with van der Waals surface area (Å²) in [6.45, 7) is 6.46. The van der Waals surface area contributed by atoms with Crippen LogP contribution >= 0.6 is 0 Å². The fourth-order valence-electron chi connectivity index (χ4n) is 7.25. The molecular formula is C41H35N. The van der Waals surface area contributed by atoms with Gasteiger partial charge in [-0.15, -0.1) is 0 Å². The molecular weight excluding hydrogens is 506 g/mol. The van der Waals surface area contributed by atoms with Crippen molar-refractivity contribution in [1.82, 2.24) is 0 Å². The lowest BCUT2D eigenvalue weighted by Crippen LogP contribution is -2.05. The Balaban J connectivity index is 1.40. The van der Waals surface area contributed by atoms with Crippen molar-refractivity contribution in [2.24, 2.45) is 5.73 Å². The number of allylic oxidation sites excluding steroid dienone is 2. The number of aryl methyl sites for hydroxylation is 1. The smallest absolute Gasteiger partial charge is 0.00749 e. The zero-order valence-electron chi connectivity index (χ0n) is 24.1. The van der Waals surface area contributed by atoms with Crippen molar-refractivity contribution in [2.75, 3.05) is 0 Å². The molecule has 42 heavy (non-hydrogen) atoms. The predicted molar refractivity (Wildman–Crippen MR) is 183 cm³/mol. The van der Waals surface area contributed by atoms with Gasteiger partial charge < -0.3 is 5.73 Å². The summed E-state index contributed by atoms with van der Waals surface area (Å²) in [5.41, 5.74) is 16.8. The topological polar surface area (TPSA) is 26.0 Å². The van der Waals surface area contributed by atoms with Crippen LogP contribution in [-0.4, -0.2) is 0 Å². The lowest BCUT2D eigenvalue weighted by molar-refractivity contribution is 0.718. The van der Waals surface area contributed by atoms with Gasteiger partial charge in [-0.3, -0.25) is 0 Å². The quantitative estimate of drug-likeness (QED) is 0.223. The first-order chi connectivity index (χ1) is 20.7. The molecule has 1 nitrogen and oxygen atoms in total. The Kier molecular flexibility index (Phi) is 6.72. The molecule has 204 valence electrons. The van der Waals surface area contributed by atoms with E-state index in [4.69, 9.17) is 5.73 Å². The molecule has 0 spiro atoms. The SMILES string of the molecule is C=Cc1c(/C=C\C)c(CC[C@H]2/C(=C\N)Cc3cc4ccccc4cc32)c2ccccc2c1-c1cccc2ccccc12. The van der Waals surface area contributed by atoms with E-state index in [1.165, 1.54) is 76.8 Å². The maximum Gasteiger partial charge on any atom is 0.00749 e. The minimum atomic E-state index is 0.316. The highest BCUT2D eigenvalue weighted by molar-refractivity contribution is 6.10. The predicted octanol–water partition coefficient (Wildman–Crippen LogP) is 10.6. The number of nitrogens with two attached hydrogens (primary N) is 1. The van der Waals surface area contributed by atoms with Crippen LogP contribution in [0.2, 0.25) is 0 Å². The summed E-state index contributed by atoms with van der Waals surface area (Å²) in [4.78, 5) is 0. The van der Waals surface area contributed by atoms with Gasteiger partial charge in [0.1, 0.15) is 0 Å². The maximum atomic E-state index is 6.26. The molecule has 6 aromatic rings. The van der Waals surface area contributed by atoms with Gasteiger partial charge in [-0.2, -0.15) is 0 Å². The van der Waals surface area contributed by atoms with E-state index < -0.39 is 0 Å². The Morgan fingerprint density at radius 3 is 2.17 bits per heavy atom. The Bertz CT molecular complexity index is 2050. The molecule has 1 heteroatoms. The monoisotopic (exact) mass is 541 g/mol. The Labute approximate surface area is 248 Å². The summed E-state index contributed by atoms with van der Waals surface area (Å²) in [5.74, 6) is 0.316. The molecule has 0 heterocycles. The third kappa shape index (κ3) is 4.25. The summed E-state index contributed by atoms with van der Waals surface area (Å²) >= 11 is 0. The van der Waals surface area contributed by atoms with Crippen molar-refractivity contribution in [3.8, 4) is 11.1 Å². The number of rotatable bonds is 6. The van der Waals surface area contributed by atoms with Crippen molar-refractivity contribution in [3.05, 3.63) is 155 Å². The lowest BCUT2D eigenvalue weighted by atomic mass is 9.81. The first-order valence-electron chi connectivity index (χ1n) is 14.9. The number of benzene rings is 6. The van der Waals surface area contributed by atoms with E-state index in [9.17, 15) is 0 Å². The second-order valence-corrected chi connectivity index (χ2v) is 11.4. The lowest BCUT2D eigenvalue weighted by Gasteiger charge is -2.22. The Morgan fingerprint density at radius 1 is 0.762 bits per heavy atom. The summed E-state index contributed by atoms with van der Waals surface area (Å²) in [7, 11) is 0. The third-order valence-electron chi connectivity index (χ3n) is 9.12. The van der Waals surface area contributed by atoms with Crippen LogP contribution in [-0.2, 0) is 12.8 Å². The van der Waals surface area contributed by atoms with Crippen molar-refractivity contribution >= 4 is 44.5 Å². The summed E-state index contributed by atoms with van der Waals surface area (Å²) in [6, 6.07) is 37.7. The molecule has 1 aliphatic rings. The van der Waals surface area contributed by atoms with E-state index in [0.29, 0.717) is 5.92 Å². The molecule has 2 N–H and O–H groups in total. The van der Waals surface area contributed by atoms with E-state index >= 15 is 0 Å². The Morgan fingerprint density at radius 2 is 1.43 bits per heavy atom. The van der Waals surface area contributed by atoms with Crippen LogP contribution in [0.15, 0.2) is 128 Å². The first-order valence-corrected chi connectivity index (χ1v) is 14.9. The van der Waals surface area contributed by atoms with Crippen molar-refractivity contribution in [1.29, 1.82) is 0 Å². The van der Waals surface area contributed by atoms with E-state index in [-0.39, 0.29) is 0 Å². The molecule has 1 atom stereocenters. The molecule has 0 radical (unpaired) electrons. The average molecular weight is 542 g/mol. The maximum absolute atomic E-state index is 6.26. The molecule has 0 aliphatic heterocycles. The van der Waals surface area contributed by atoms with Crippen LogP contribution in [0.4, 0.5) is 0 Å². The van der Waals surface area contributed by atoms with Gasteiger partial charge in [0.15, 0.2) is 0 Å². The summed E-state index contributed by atoms with van der Waals surface area (Å²) in [5, 5.41) is 7.70. The van der Waals surface area contributed by atoms with Gasteiger partial charge in [0.05, 0.1) is 0 Å². The molecule has 0 saturated carbocycles. The summed E-state index contributed by atoms with van der Waals surface area (Å²) < 4.78 is 0. The van der Waals surface area contributed by atoms with Gasteiger partial charge >= 0.3 is 0 Å². The van der Waals surface area contributed by atoms with Gasteiger partial charge in [0.25, 0.3) is 0 Å². The van der Waals surface area contributed by atoms with Gasteiger partial charge in [-0.1, -0.05) is 128 Å². The molecule has 1 aliphatic carbocycles. The molecule has 6 aromatic carbocycles. The second kappa shape index (κ2) is 10.8. The molecule has 0 amide bonds. The van der Waals surface area contributed by atoms with Gasteiger partial charge in [-0.25, -0.2) is 0 Å². The molecule has 7 rings (SSSR count). The normalized spacial score (nSPS) is 15.7. The molecule has 0 unspecified atom stereocenters. The van der Waals surface area contributed by atoms with Gasteiger partial charge in [0, 0.05) is 5.92 Å². The first kappa shape index (κ1) is 26.0. The van der Waals surface area contributed by atoms with E-state index in [0.717, 1.165) is 19.3 Å². The minimum Gasteiger partial charge on any atom is -0.405 e. The van der Waals surface area contributed by atoms with Crippen molar-refractivity contribution < 1.29 is 0 Å². The fraction of sp³-hybridized carbons (Fsp3) is 0.122. The van der Waals surface area contributed by atoms with Crippen LogP contribution in [0.5, 0.6) is 0 Å². The Hall–Kier alpha value is -4.88. The zero-order chi connectivity index (χ0) is 28.6. The molecule has 0 fully saturated rings. The summed E-state index contributed by atoms with van der Waals surface area (Å²) in [6.07, 6.45) is 11.3. The van der Waals surface area contributed by atoms with Gasteiger partial charge in [-0.05, 0) is 109 Å². The molecule has 0 saturated heterocycles. The fourth-order valence-corrected chi connectivity index (χ4v) is 7.25. The van der Waals surface area contributed by atoms with Crippen LogP contribution in [0.3, 0.4) is 0 Å². The zero-order valence-corrected chi connectivity index (χ0v) is 24.1. The van der Waals surface area contributed by atoms with Crippen LogP contribution in [0.25, 0.3) is 55.6 Å². The van der Waals surface area contributed by atoms with Crippen LogP contribution in [0, 0.1) is 0 Å². The van der Waals surface area contributed by atoms with Crippen LogP contribution < -0.4 is 5.73 Å². The highest BCUT2D eigenvalue weighted by atomic mass is 14.5. The third-order valence-corrected chi connectivity index (χ3v) is 9.12. The van der Waals surface area contributed by atoms with E-state index in [1.54, 1.807) is 0 Å². The average Bonchev–Trinajstić information content (AvgIpc) is 3.38. The van der Waals surface area contributed by atoms with Crippen molar-refractivity contribution in [2.45, 2.75) is 32.1 Å². The molecule has 0 aromatic heterocycles. The number of hydrogen-bond acceptors (Lipinski definition) is 1. The highest BCUT2D eigenvalue weighted by Crippen LogP contribution is 2.45. The standard InChI is InChI=1S/C41H35N/c1-3-12-35-32(4-2)41(38-20-11-16-27-13-7-8-17-33(27)38)39-19-10-9-18-36(39)37(35)22-21-34-31(26-42)24-30-23-28-14-5-6-15-29(28)25-40(30)34/h3-20,23,25-26,34H,2,21-22,24,42H2,1H3/b12-3-,31-26-/t34-/m0/s1. The highest BCUT2D eigenvalue weighted by Gasteiger charge is 2.28. The second-order valence-electron chi connectivity index (χ2n) is 11.4. The number of fused-ring (bicyclic) bond motifs is 4. The van der Waals surface area contributed by atoms with E-state index in [2.05, 4.69) is 135 Å². The van der Waals surface area contributed by atoms with E-state index in [1.807, 2.05) is 6.20 Å². The van der Waals surface area contributed by atoms with Crippen LogP contribution in [0.1, 0.15) is 47.1 Å². The number of hydrogen-bond donors (Lipinski definition) is 1. The van der Waals surface area contributed by atoms with Gasteiger partial charge in [0.2, 0.25) is 0 Å². The van der Waals surface area contributed by atoms with Crippen molar-refractivity contribution in [3.63, 3.8) is 0 Å². The minimum absolute atomic E-state index is 0.316.